The predicted molar refractivity (Wildman–Crippen MR) is 165 cm³/mol. The molecule has 0 saturated carbocycles. The first kappa shape index (κ1) is 36.5. The Balaban J connectivity index is 1.46. The van der Waals surface area contributed by atoms with Crippen LogP contribution in [-0.4, -0.2) is 109 Å². The first-order valence-electron chi connectivity index (χ1n) is 14.0. The molecule has 1 aromatic heterocycles. The van der Waals surface area contributed by atoms with Crippen molar-refractivity contribution in [2.45, 2.75) is 0 Å². The Morgan fingerprint density at radius 2 is 1.36 bits per heavy atom. The minimum atomic E-state index is -0.625. The molecule has 0 aliphatic heterocycles. The van der Waals surface area contributed by atoms with Crippen molar-refractivity contribution in [3.8, 4) is 5.75 Å². The highest BCUT2D eigenvalue weighted by atomic mass is 35.5. The van der Waals surface area contributed by atoms with Gasteiger partial charge in [0, 0.05) is 18.6 Å². The molecule has 248 valence electrons. The molecule has 0 unspecified atom stereocenters. The van der Waals surface area contributed by atoms with Crippen LogP contribution in [0.4, 0.5) is 26.0 Å². The number of benzene rings is 2. The second-order valence-corrected chi connectivity index (χ2v) is 9.85. The maximum Gasteiger partial charge on any atom is 0.250 e. The van der Waals surface area contributed by atoms with Crippen molar-refractivity contribution in [1.29, 1.82) is 0 Å². The lowest BCUT2D eigenvalue weighted by molar-refractivity contribution is -0.119. The van der Waals surface area contributed by atoms with E-state index >= 15 is 0 Å². The van der Waals surface area contributed by atoms with Crippen LogP contribution in [0.1, 0.15) is 0 Å². The van der Waals surface area contributed by atoms with Crippen LogP contribution in [0.5, 0.6) is 5.75 Å². The van der Waals surface area contributed by atoms with Crippen LogP contribution in [0, 0.1) is 5.82 Å². The van der Waals surface area contributed by atoms with E-state index in [-0.39, 0.29) is 48.0 Å². The summed E-state index contributed by atoms with van der Waals surface area (Å²) in [7, 11) is 1.40. The van der Waals surface area contributed by atoms with Crippen molar-refractivity contribution in [2.24, 2.45) is 0 Å². The van der Waals surface area contributed by atoms with E-state index in [4.69, 9.17) is 56.4 Å². The quantitative estimate of drug-likeness (QED) is 0.106. The molecule has 3 aromatic rings. The van der Waals surface area contributed by atoms with Gasteiger partial charge < -0.3 is 43.8 Å². The number of aromatic nitrogens is 2. The molecule has 0 fully saturated rings. The topological polar surface area (TPSA) is 132 Å². The van der Waals surface area contributed by atoms with Gasteiger partial charge in [-0.2, -0.15) is 0 Å². The van der Waals surface area contributed by atoms with Crippen LogP contribution in [0.25, 0.3) is 10.9 Å². The van der Waals surface area contributed by atoms with Crippen LogP contribution in [0.2, 0.25) is 10.0 Å². The van der Waals surface area contributed by atoms with E-state index in [1.807, 2.05) is 0 Å². The second-order valence-electron chi connectivity index (χ2n) is 9.04. The zero-order chi connectivity index (χ0) is 32.3. The molecule has 0 radical (unpaired) electrons. The molecule has 0 aliphatic carbocycles. The van der Waals surface area contributed by atoms with E-state index in [1.54, 1.807) is 12.1 Å². The maximum atomic E-state index is 14.5. The Hall–Kier alpha value is -2.95. The average Bonchev–Trinajstić information content (AvgIpc) is 3.02. The van der Waals surface area contributed by atoms with Gasteiger partial charge in [-0.3, -0.25) is 4.79 Å². The number of carbonyl (C=O) groups is 1. The Morgan fingerprint density at radius 1 is 0.778 bits per heavy atom. The normalized spacial score (nSPS) is 11.2. The van der Waals surface area contributed by atoms with Gasteiger partial charge in [0.25, 0.3) is 0 Å². The predicted octanol–water partition coefficient (Wildman–Crippen LogP) is 4.84. The molecular weight excluding hydrogens is 641 g/mol. The van der Waals surface area contributed by atoms with Crippen molar-refractivity contribution in [3.63, 3.8) is 0 Å². The van der Waals surface area contributed by atoms with Gasteiger partial charge in [-0.15, -0.1) is 0 Å². The van der Waals surface area contributed by atoms with Crippen LogP contribution in [0.15, 0.2) is 30.6 Å². The zero-order valence-electron chi connectivity index (χ0n) is 24.8. The summed E-state index contributed by atoms with van der Waals surface area (Å²) in [5.41, 5.74) is 0.858. The first-order valence-corrected chi connectivity index (χ1v) is 14.7. The number of nitrogens with one attached hydrogen (secondary N) is 2. The van der Waals surface area contributed by atoms with Crippen molar-refractivity contribution in [2.75, 3.05) is 104 Å². The molecule has 0 aliphatic rings. The van der Waals surface area contributed by atoms with Gasteiger partial charge in [0.15, 0.2) is 0 Å². The maximum absolute atomic E-state index is 14.5. The summed E-state index contributed by atoms with van der Waals surface area (Å²) in [6.45, 7) is 2.92. The molecule has 3 rings (SSSR count). The van der Waals surface area contributed by atoms with Gasteiger partial charge in [-0.1, -0.05) is 23.2 Å². The molecule has 2 aromatic carbocycles. The highest BCUT2D eigenvalue weighted by Crippen LogP contribution is 2.35. The minimum absolute atomic E-state index is 0.0581. The fourth-order valence-corrected chi connectivity index (χ4v) is 4.02. The molecule has 1 amide bonds. The lowest BCUT2D eigenvalue weighted by Crippen LogP contribution is -2.18. The molecule has 0 atom stereocenters. The number of hydrogen-bond acceptors (Lipinski definition) is 11. The number of amides is 1. The van der Waals surface area contributed by atoms with E-state index < -0.39 is 18.4 Å². The monoisotopic (exact) mass is 676 g/mol. The van der Waals surface area contributed by atoms with E-state index in [0.717, 1.165) is 6.07 Å². The van der Waals surface area contributed by atoms with Crippen molar-refractivity contribution < 1.29 is 46.7 Å². The highest BCUT2D eigenvalue weighted by molar-refractivity contribution is 6.42. The van der Waals surface area contributed by atoms with Gasteiger partial charge in [-0.05, 0) is 18.2 Å². The summed E-state index contributed by atoms with van der Waals surface area (Å²) in [5, 5.41) is 6.37. The smallest absolute Gasteiger partial charge is 0.250 e. The van der Waals surface area contributed by atoms with Crippen molar-refractivity contribution >= 4 is 57.2 Å². The van der Waals surface area contributed by atoms with Gasteiger partial charge in [0.2, 0.25) is 5.91 Å². The van der Waals surface area contributed by atoms with Gasteiger partial charge in [-0.25, -0.2) is 18.7 Å². The van der Waals surface area contributed by atoms with E-state index in [1.165, 1.54) is 19.5 Å². The Morgan fingerprint density at radius 3 is 1.96 bits per heavy atom. The lowest BCUT2D eigenvalue weighted by Gasteiger charge is -2.16. The molecule has 16 heteroatoms. The molecule has 0 saturated heterocycles. The van der Waals surface area contributed by atoms with Gasteiger partial charge in [0.05, 0.1) is 93.0 Å². The van der Waals surface area contributed by atoms with Crippen molar-refractivity contribution in [3.05, 3.63) is 46.5 Å². The number of ether oxygens (including phenoxy) is 7. The van der Waals surface area contributed by atoms with Crippen LogP contribution in [-0.2, 0) is 33.2 Å². The summed E-state index contributed by atoms with van der Waals surface area (Å²) in [4.78, 5) is 20.9. The van der Waals surface area contributed by atoms with Crippen LogP contribution < -0.4 is 15.4 Å². The lowest BCUT2D eigenvalue weighted by atomic mass is 10.1. The van der Waals surface area contributed by atoms with Gasteiger partial charge >= 0.3 is 0 Å². The number of alkyl halides is 1. The van der Waals surface area contributed by atoms with E-state index in [0.29, 0.717) is 75.2 Å². The number of rotatable bonds is 23. The SMILES string of the molecule is COCC(=O)Nc1cc2c(Nc3cc(Cl)c(Cl)cc3F)ncnc2cc1OCCOCCOCCOCCOCCOCCF. The second kappa shape index (κ2) is 21.0. The average molecular weight is 678 g/mol. The minimum Gasteiger partial charge on any atom is -0.489 e. The molecule has 2 N–H and O–H groups in total. The largest absolute Gasteiger partial charge is 0.489 e. The molecular formula is C29H36Cl2F2N4O8. The number of methoxy groups -OCH3 is 1. The summed E-state index contributed by atoms with van der Waals surface area (Å²) >= 11 is 12.0. The summed E-state index contributed by atoms with van der Waals surface area (Å²) in [6, 6.07) is 5.69. The Bertz CT molecular complexity index is 1350. The van der Waals surface area contributed by atoms with E-state index in [9.17, 15) is 13.6 Å². The zero-order valence-corrected chi connectivity index (χ0v) is 26.3. The number of halogens is 4. The van der Waals surface area contributed by atoms with Crippen molar-refractivity contribution in [1.82, 2.24) is 9.97 Å². The summed E-state index contributed by atoms with van der Waals surface area (Å²) in [6.07, 6.45) is 1.31. The molecule has 12 nitrogen and oxygen atoms in total. The van der Waals surface area contributed by atoms with Crippen LogP contribution in [0.3, 0.4) is 0 Å². The van der Waals surface area contributed by atoms with Gasteiger partial charge in [0.1, 0.15) is 43.6 Å². The number of hydrogen-bond donors (Lipinski definition) is 2. The highest BCUT2D eigenvalue weighted by Gasteiger charge is 2.15. The molecule has 45 heavy (non-hydrogen) atoms. The summed E-state index contributed by atoms with van der Waals surface area (Å²) in [5.74, 6) is -0.427. The Kier molecular flexibility index (Phi) is 17.0. The molecule has 0 spiro atoms. The fourth-order valence-electron chi connectivity index (χ4n) is 3.71. The molecule has 1 heterocycles. The number of fused-ring (bicyclic) bond motifs is 1. The standard InChI is InChI=1S/C29H36Cl2F2N4O8/c1-39-18-28(38)36-26-14-20-24(34-19-35-29(20)37-25-16-22(31)21(30)15-23(25)33)17-27(26)45-13-12-44-11-10-43-9-8-42-7-6-41-5-4-40-3-2-32/h14-17,19H,2-13,18H2,1H3,(H,36,38)(H,34,35,37). The number of carbonyl (C=O) groups excluding carboxylic acids is 1. The molecule has 0 bridgehead atoms. The van der Waals surface area contributed by atoms with Crippen LogP contribution >= 0.6 is 23.2 Å². The third kappa shape index (κ3) is 13.1. The summed E-state index contributed by atoms with van der Waals surface area (Å²) < 4.78 is 63.9. The third-order valence-corrected chi connectivity index (χ3v) is 6.47. The third-order valence-electron chi connectivity index (χ3n) is 5.74. The fraction of sp³-hybridized carbons (Fsp3) is 0.483. The number of anilines is 3. The number of nitrogens with zero attached hydrogens (tertiary/aromatic N) is 2. The first-order chi connectivity index (χ1) is 21.9. The Labute approximate surface area is 269 Å². The van der Waals surface area contributed by atoms with E-state index in [2.05, 4.69) is 20.6 Å².